The summed E-state index contributed by atoms with van der Waals surface area (Å²) < 4.78 is 0. The molecule has 0 bridgehead atoms. The monoisotopic (exact) mass is 231 g/mol. The van der Waals surface area contributed by atoms with Crippen molar-refractivity contribution >= 4 is 5.91 Å². The van der Waals surface area contributed by atoms with E-state index < -0.39 is 0 Å². The number of aliphatic hydroxyl groups excluding tert-OH is 1. The smallest absolute Gasteiger partial charge is 0.248 e. The minimum absolute atomic E-state index is 0.0107. The maximum Gasteiger partial charge on any atom is 0.248 e. The summed E-state index contributed by atoms with van der Waals surface area (Å²) in [6.07, 6.45) is 3.30. The summed E-state index contributed by atoms with van der Waals surface area (Å²) in [7, 11) is 3.12. The van der Waals surface area contributed by atoms with Crippen LogP contribution >= 0.6 is 0 Å². The molecule has 4 nitrogen and oxygen atoms in total. The summed E-state index contributed by atoms with van der Waals surface area (Å²) in [5, 5.41) is 10.1. The Morgan fingerprint density at radius 2 is 1.94 bits per heavy atom. The first kappa shape index (κ1) is 15.4. The zero-order chi connectivity index (χ0) is 12.6. The van der Waals surface area contributed by atoms with Crippen LogP contribution in [0.1, 0.15) is 39.5 Å². The van der Waals surface area contributed by atoms with E-state index in [0.717, 1.165) is 19.3 Å². The van der Waals surface area contributed by atoms with E-state index in [1.54, 1.807) is 7.05 Å². The molecule has 16 heavy (non-hydrogen) atoms. The molecule has 0 radical (unpaired) electrons. The summed E-state index contributed by atoms with van der Waals surface area (Å²) >= 11 is 0. The van der Waals surface area contributed by atoms with Crippen LogP contribution < -0.4 is 0 Å². The van der Waals surface area contributed by atoms with Gasteiger partial charge in [0.05, 0.1) is 7.11 Å². The van der Waals surface area contributed by atoms with Gasteiger partial charge in [-0.15, -0.1) is 0 Å². The highest BCUT2D eigenvalue weighted by Gasteiger charge is 2.21. The molecule has 4 heteroatoms. The normalized spacial score (nSPS) is 12.9. The van der Waals surface area contributed by atoms with E-state index in [1.807, 2.05) is 0 Å². The Labute approximate surface area is 98.5 Å². The number of carbonyl (C=O) groups is 1. The molecule has 0 saturated carbocycles. The molecule has 0 aliphatic carbocycles. The van der Waals surface area contributed by atoms with Gasteiger partial charge in [-0.1, -0.05) is 20.3 Å². The lowest BCUT2D eigenvalue weighted by molar-refractivity contribution is -0.174. The predicted octanol–water partition coefficient (Wildman–Crippen LogP) is 1.83. The Bertz CT molecular complexity index is 195. The Morgan fingerprint density at radius 1 is 1.31 bits per heavy atom. The maximum atomic E-state index is 11.9. The Hall–Kier alpha value is -0.610. The van der Waals surface area contributed by atoms with Gasteiger partial charge in [0.1, 0.15) is 0 Å². The number of nitrogens with zero attached hydrogens (tertiary/aromatic N) is 1. The minimum Gasteiger partial charge on any atom is -0.396 e. The Balaban J connectivity index is 4.22. The molecule has 0 spiro atoms. The van der Waals surface area contributed by atoms with E-state index in [9.17, 15) is 4.79 Å². The molecule has 0 aromatic rings. The van der Waals surface area contributed by atoms with Crippen LogP contribution in [-0.4, -0.2) is 36.8 Å². The first-order chi connectivity index (χ1) is 7.52. The molecular weight excluding hydrogens is 206 g/mol. The predicted molar refractivity (Wildman–Crippen MR) is 63.7 cm³/mol. The van der Waals surface area contributed by atoms with Gasteiger partial charge in [-0.3, -0.25) is 9.63 Å². The van der Waals surface area contributed by atoms with Gasteiger partial charge >= 0.3 is 0 Å². The van der Waals surface area contributed by atoms with Crippen molar-refractivity contribution in [2.45, 2.75) is 39.5 Å². The van der Waals surface area contributed by atoms with Gasteiger partial charge in [0.2, 0.25) is 5.91 Å². The fourth-order valence-electron chi connectivity index (χ4n) is 1.61. The van der Waals surface area contributed by atoms with Crippen LogP contribution in [0.25, 0.3) is 0 Å². The van der Waals surface area contributed by atoms with Gasteiger partial charge in [0.25, 0.3) is 0 Å². The molecule has 0 unspecified atom stereocenters. The lowest BCUT2D eigenvalue weighted by Gasteiger charge is -2.22. The highest BCUT2D eigenvalue weighted by atomic mass is 16.7. The summed E-state index contributed by atoms with van der Waals surface area (Å²) in [5.74, 6) is 0.577. The molecular formula is C12H25NO3. The number of rotatable bonds is 8. The first-order valence-corrected chi connectivity index (χ1v) is 5.95. The van der Waals surface area contributed by atoms with Gasteiger partial charge in [-0.05, 0) is 25.2 Å². The third-order valence-corrected chi connectivity index (χ3v) is 2.74. The second-order valence-corrected chi connectivity index (χ2v) is 4.55. The second-order valence-electron chi connectivity index (χ2n) is 4.55. The molecule has 0 aromatic heterocycles. The summed E-state index contributed by atoms with van der Waals surface area (Å²) in [6, 6.07) is 0. The van der Waals surface area contributed by atoms with Crippen molar-refractivity contribution in [1.29, 1.82) is 0 Å². The fraction of sp³-hybridized carbons (Fsp3) is 0.917. The number of hydrogen-bond donors (Lipinski definition) is 1. The molecule has 0 rings (SSSR count). The molecule has 0 fully saturated rings. The van der Waals surface area contributed by atoms with Crippen molar-refractivity contribution in [1.82, 2.24) is 5.06 Å². The van der Waals surface area contributed by atoms with Crippen LogP contribution in [0.2, 0.25) is 0 Å². The second kappa shape index (κ2) is 8.53. The Morgan fingerprint density at radius 3 is 2.38 bits per heavy atom. The largest absolute Gasteiger partial charge is 0.396 e. The van der Waals surface area contributed by atoms with Crippen LogP contribution in [0.5, 0.6) is 0 Å². The van der Waals surface area contributed by atoms with Crippen LogP contribution in [0, 0.1) is 11.8 Å². The van der Waals surface area contributed by atoms with Crippen molar-refractivity contribution in [2.24, 2.45) is 11.8 Å². The van der Waals surface area contributed by atoms with Crippen molar-refractivity contribution < 1.29 is 14.7 Å². The van der Waals surface area contributed by atoms with E-state index in [0.29, 0.717) is 12.3 Å². The average molecular weight is 231 g/mol. The summed E-state index contributed by atoms with van der Waals surface area (Å²) in [5.41, 5.74) is 0. The third kappa shape index (κ3) is 6.08. The van der Waals surface area contributed by atoms with Crippen molar-refractivity contribution in [3.8, 4) is 0 Å². The van der Waals surface area contributed by atoms with E-state index in [4.69, 9.17) is 9.94 Å². The molecule has 96 valence electrons. The fourth-order valence-corrected chi connectivity index (χ4v) is 1.61. The van der Waals surface area contributed by atoms with Gasteiger partial charge < -0.3 is 5.11 Å². The molecule has 0 saturated heterocycles. The Kier molecular flexibility index (Phi) is 8.21. The van der Waals surface area contributed by atoms with E-state index in [2.05, 4.69) is 13.8 Å². The zero-order valence-corrected chi connectivity index (χ0v) is 10.9. The lowest BCUT2D eigenvalue weighted by Crippen LogP contribution is -2.32. The van der Waals surface area contributed by atoms with Crippen LogP contribution in [0.3, 0.4) is 0 Å². The summed E-state index contributed by atoms with van der Waals surface area (Å²) in [6.45, 7) is 4.43. The maximum absolute atomic E-state index is 11.9. The quantitative estimate of drug-likeness (QED) is 0.648. The molecule has 0 aliphatic rings. The minimum atomic E-state index is -0.0282. The van der Waals surface area contributed by atoms with E-state index in [-0.39, 0.29) is 18.4 Å². The van der Waals surface area contributed by atoms with Gasteiger partial charge in [0.15, 0.2) is 0 Å². The van der Waals surface area contributed by atoms with Gasteiger partial charge in [-0.2, -0.15) is 0 Å². The topological polar surface area (TPSA) is 49.8 Å². The van der Waals surface area contributed by atoms with Gasteiger partial charge in [0, 0.05) is 19.6 Å². The van der Waals surface area contributed by atoms with Crippen LogP contribution in [0.4, 0.5) is 0 Å². The molecule has 1 atom stereocenters. The molecule has 0 aliphatic heterocycles. The average Bonchev–Trinajstić information content (AvgIpc) is 2.27. The highest BCUT2D eigenvalue weighted by molar-refractivity contribution is 5.77. The van der Waals surface area contributed by atoms with Crippen LogP contribution in [-0.2, 0) is 9.63 Å². The van der Waals surface area contributed by atoms with Crippen molar-refractivity contribution in [2.75, 3.05) is 20.8 Å². The molecule has 0 heterocycles. The van der Waals surface area contributed by atoms with Gasteiger partial charge in [-0.25, -0.2) is 5.06 Å². The first-order valence-electron chi connectivity index (χ1n) is 5.95. The van der Waals surface area contributed by atoms with E-state index in [1.165, 1.54) is 12.2 Å². The summed E-state index contributed by atoms with van der Waals surface area (Å²) in [4.78, 5) is 16.8. The van der Waals surface area contributed by atoms with Crippen molar-refractivity contribution in [3.05, 3.63) is 0 Å². The molecule has 1 N–H and O–H groups in total. The van der Waals surface area contributed by atoms with E-state index >= 15 is 0 Å². The zero-order valence-electron chi connectivity index (χ0n) is 10.9. The number of hydroxylamine groups is 2. The number of amides is 1. The van der Waals surface area contributed by atoms with Crippen molar-refractivity contribution in [3.63, 3.8) is 0 Å². The lowest BCUT2D eigenvalue weighted by atomic mass is 9.93. The highest BCUT2D eigenvalue weighted by Crippen LogP contribution is 2.19. The third-order valence-electron chi connectivity index (χ3n) is 2.74. The number of aliphatic hydroxyl groups is 1. The van der Waals surface area contributed by atoms with Crippen LogP contribution in [0.15, 0.2) is 0 Å². The molecule has 0 aromatic carbocycles. The number of carbonyl (C=O) groups excluding carboxylic acids is 1. The standard InChI is InChI=1S/C12H25NO3/c1-10(2)7-8-11(6-5-9-14)12(15)13(3)16-4/h10-11,14H,5-9H2,1-4H3/t11-/m1/s1. The SMILES string of the molecule is CON(C)C(=O)[C@H](CCCO)CCC(C)C. The number of hydrogen-bond acceptors (Lipinski definition) is 3. The molecule has 1 amide bonds.